The Bertz CT molecular complexity index is 598. The van der Waals surface area contributed by atoms with Crippen LogP contribution in [0.5, 0.6) is 5.75 Å². The number of benzene rings is 2. The van der Waals surface area contributed by atoms with Crippen LogP contribution in [0.4, 0.5) is 4.39 Å². The number of hydrogen-bond donors (Lipinski definition) is 1. The quantitative estimate of drug-likeness (QED) is 0.866. The number of ether oxygens (including phenoxy) is 1. The molecule has 0 saturated heterocycles. The Labute approximate surface area is 126 Å². The van der Waals surface area contributed by atoms with Gasteiger partial charge in [0.2, 0.25) is 0 Å². The molecule has 0 heterocycles. The minimum Gasteiger partial charge on any atom is -0.496 e. The maximum atomic E-state index is 13.5. The van der Waals surface area contributed by atoms with Crippen molar-refractivity contribution in [2.24, 2.45) is 0 Å². The van der Waals surface area contributed by atoms with Gasteiger partial charge in [-0.1, -0.05) is 29.8 Å². The maximum absolute atomic E-state index is 13.5. The molecule has 2 aromatic rings. The second-order valence-electron chi connectivity index (χ2n) is 5.26. The summed E-state index contributed by atoms with van der Waals surface area (Å²) in [7, 11) is 3.51. The van der Waals surface area contributed by atoms with Gasteiger partial charge >= 0.3 is 0 Å². The van der Waals surface area contributed by atoms with E-state index >= 15 is 0 Å². The Hall–Kier alpha value is -1.87. The first-order valence-corrected chi connectivity index (χ1v) is 7.20. The molecule has 1 N–H and O–H groups in total. The molecule has 0 aliphatic carbocycles. The normalized spacial score (nSPS) is 12.2. The van der Waals surface area contributed by atoms with Gasteiger partial charge in [0.05, 0.1) is 7.11 Å². The molecule has 2 nitrogen and oxygen atoms in total. The first-order valence-electron chi connectivity index (χ1n) is 7.20. The number of aryl methyl sites for hydroxylation is 2. The van der Waals surface area contributed by atoms with Gasteiger partial charge < -0.3 is 10.1 Å². The first-order chi connectivity index (χ1) is 10.1. The Morgan fingerprint density at radius 2 is 2.00 bits per heavy atom. The second-order valence-corrected chi connectivity index (χ2v) is 5.26. The fraction of sp³-hybridized carbons (Fsp3) is 0.333. The van der Waals surface area contributed by atoms with E-state index in [0.29, 0.717) is 0 Å². The highest BCUT2D eigenvalue weighted by molar-refractivity contribution is 5.36. The largest absolute Gasteiger partial charge is 0.496 e. The monoisotopic (exact) mass is 287 g/mol. The van der Waals surface area contributed by atoms with E-state index in [1.165, 1.54) is 17.2 Å². The number of hydrogen-bond acceptors (Lipinski definition) is 2. The molecule has 0 aromatic heterocycles. The van der Waals surface area contributed by atoms with Gasteiger partial charge in [-0.2, -0.15) is 0 Å². The first kappa shape index (κ1) is 15.5. The standard InChI is InChI=1S/C18H22FNO/c1-13-5-4-6-14(11-13)7-9-17(20-2)16-12-15(19)8-10-18(16)21-3/h4-6,8,10-12,17,20H,7,9H2,1-3H3. The molecule has 0 spiro atoms. The third-order valence-electron chi connectivity index (χ3n) is 3.72. The van der Waals surface area contributed by atoms with Gasteiger partial charge in [-0.3, -0.25) is 0 Å². The fourth-order valence-electron chi connectivity index (χ4n) is 2.61. The van der Waals surface area contributed by atoms with Crippen molar-refractivity contribution >= 4 is 0 Å². The van der Waals surface area contributed by atoms with E-state index in [4.69, 9.17) is 4.74 Å². The van der Waals surface area contributed by atoms with Gasteiger partial charge in [0, 0.05) is 11.6 Å². The third kappa shape index (κ3) is 4.05. The highest BCUT2D eigenvalue weighted by Gasteiger charge is 2.15. The summed E-state index contributed by atoms with van der Waals surface area (Å²) in [5, 5.41) is 3.26. The van der Waals surface area contributed by atoms with E-state index in [0.717, 1.165) is 24.2 Å². The van der Waals surface area contributed by atoms with Crippen molar-refractivity contribution in [1.82, 2.24) is 5.32 Å². The number of nitrogens with one attached hydrogen (secondary N) is 1. The molecule has 21 heavy (non-hydrogen) atoms. The van der Waals surface area contributed by atoms with E-state index in [1.807, 2.05) is 7.05 Å². The summed E-state index contributed by atoms with van der Waals surface area (Å²) < 4.78 is 18.9. The Morgan fingerprint density at radius 1 is 1.19 bits per heavy atom. The van der Waals surface area contributed by atoms with Crippen LogP contribution in [0, 0.1) is 12.7 Å². The summed E-state index contributed by atoms with van der Waals surface area (Å²) in [6, 6.07) is 13.2. The zero-order valence-corrected chi connectivity index (χ0v) is 12.8. The Balaban J connectivity index is 2.15. The van der Waals surface area contributed by atoms with Crippen LogP contribution < -0.4 is 10.1 Å². The Kier molecular flexibility index (Phi) is 5.34. The lowest BCUT2D eigenvalue weighted by Crippen LogP contribution is -2.18. The molecule has 0 fully saturated rings. The lowest BCUT2D eigenvalue weighted by Gasteiger charge is -2.19. The molecule has 0 amide bonds. The van der Waals surface area contributed by atoms with Crippen LogP contribution in [0.15, 0.2) is 42.5 Å². The summed E-state index contributed by atoms with van der Waals surface area (Å²) in [6.45, 7) is 2.09. The van der Waals surface area contributed by atoms with E-state index < -0.39 is 0 Å². The van der Waals surface area contributed by atoms with Crippen LogP contribution in [-0.2, 0) is 6.42 Å². The molecule has 0 aliphatic rings. The minimum atomic E-state index is -0.235. The smallest absolute Gasteiger partial charge is 0.123 e. The molecular weight excluding hydrogens is 265 g/mol. The van der Waals surface area contributed by atoms with Gasteiger partial charge in [-0.15, -0.1) is 0 Å². The van der Waals surface area contributed by atoms with Crippen molar-refractivity contribution in [3.8, 4) is 5.75 Å². The summed E-state index contributed by atoms with van der Waals surface area (Å²) in [4.78, 5) is 0. The third-order valence-corrected chi connectivity index (χ3v) is 3.72. The maximum Gasteiger partial charge on any atom is 0.123 e. The fourth-order valence-corrected chi connectivity index (χ4v) is 2.61. The molecule has 112 valence electrons. The van der Waals surface area contributed by atoms with Crippen molar-refractivity contribution in [2.45, 2.75) is 25.8 Å². The molecule has 3 heteroatoms. The average molecular weight is 287 g/mol. The van der Waals surface area contributed by atoms with E-state index in [-0.39, 0.29) is 11.9 Å². The number of halogens is 1. The lowest BCUT2D eigenvalue weighted by atomic mass is 9.97. The van der Waals surface area contributed by atoms with Crippen molar-refractivity contribution in [1.29, 1.82) is 0 Å². The molecular formula is C18H22FNO. The highest BCUT2D eigenvalue weighted by Crippen LogP contribution is 2.29. The second kappa shape index (κ2) is 7.23. The average Bonchev–Trinajstić information content (AvgIpc) is 2.48. The topological polar surface area (TPSA) is 21.3 Å². The molecule has 1 unspecified atom stereocenters. The molecule has 0 aliphatic heterocycles. The van der Waals surface area contributed by atoms with E-state index in [9.17, 15) is 4.39 Å². The van der Waals surface area contributed by atoms with Gasteiger partial charge in [-0.05, 0) is 50.6 Å². The molecule has 0 saturated carbocycles. The summed E-state index contributed by atoms with van der Waals surface area (Å²) in [6.07, 6.45) is 1.83. The van der Waals surface area contributed by atoms with Crippen molar-refractivity contribution in [3.63, 3.8) is 0 Å². The lowest BCUT2D eigenvalue weighted by molar-refractivity contribution is 0.397. The Morgan fingerprint density at radius 3 is 2.67 bits per heavy atom. The van der Waals surface area contributed by atoms with Crippen molar-refractivity contribution in [3.05, 3.63) is 65.0 Å². The highest BCUT2D eigenvalue weighted by atomic mass is 19.1. The zero-order valence-electron chi connectivity index (χ0n) is 12.8. The molecule has 2 aromatic carbocycles. The van der Waals surface area contributed by atoms with E-state index in [1.54, 1.807) is 19.2 Å². The summed E-state index contributed by atoms with van der Waals surface area (Å²) in [5.41, 5.74) is 3.43. The van der Waals surface area contributed by atoms with Crippen LogP contribution >= 0.6 is 0 Å². The van der Waals surface area contributed by atoms with Crippen LogP contribution in [0.2, 0.25) is 0 Å². The number of methoxy groups -OCH3 is 1. The van der Waals surface area contributed by atoms with Gasteiger partial charge in [0.15, 0.2) is 0 Å². The van der Waals surface area contributed by atoms with Gasteiger partial charge in [-0.25, -0.2) is 4.39 Å². The predicted octanol–water partition coefficient (Wildman–Crippen LogP) is 4.04. The van der Waals surface area contributed by atoms with Crippen molar-refractivity contribution in [2.75, 3.05) is 14.2 Å². The van der Waals surface area contributed by atoms with Gasteiger partial charge in [0.1, 0.15) is 11.6 Å². The molecule has 0 radical (unpaired) electrons. The van der Waals surface area contributed by atoms with Crippen LogP contribution in [-0.4, -0.2) is 14.2 Å². The number of rotatable bonds is 6. The SMILES string of the molecule is CNC(CCc1cccc(C)c1)c1cc(F)ccc1OC. The summed E-state index contributed by atoms with van der Waals surface area (Å²) in [5.74, 6) is 0.488. The molecule has 0 bridgehead atoms. The zero-order chi connectivity index (χ0) is 15.2. The van der Waals surface area contributed by atoms with Crippen LogP contribution in [0.25, 0.3) is 0 Å². The van der Waals surface area contributed by atoms with Gasteiger partial charge in [0.25, 0.3) is 0 Å². The summed E-state index contributed by atoms with van der Waals surface area (Å²) >= 11 is 0. The minimum absolute atomic E-state index is 0.0659. The van der Waals surface area contributed by atoms with Crippen molar-refractivity contribution < 1.29 is 9.13 Å². The molecule has 1 atom stereocenters. The van der Waals surface area contributed by atoms with E-state index in [2.05, 4.69) is 36.5 Å². The molecule has 2 rings (SSSR count). The van der Waals surface area contributed by atoms with Crippen LogP contribution in [0.3, 0.4) is 0 Å². The predicted molar refractivity (Wildman–Crippen MR) is 84.3 cm³/mol. The van der Waals surface area contributed by atoms with Crippen LogP contribution in [0.1, 0.15) is 29.2 Å².